The molecule has 194 valence electrons. The number of ether oxygens (including phenoxy) is 1. The van der Waals surface area contributed by atoms with E-state index in [1.807, 2.05) is 18.2 Å². The third kappa shape index (κ3) is 6.78. The zero-order valence-electron chi connectivity index (χ0n) is 22.8. The Kier molecular flexibility index (Phi) is 9.07. The van der Waals surface area contributed by atoms with Crippen molar-refractivity contribution in [1.29, 1.82) is 0 Å². The standard InChI is InChI=1S/C29H40ClNO3Si2/c1-34-29(33)23-14-11-15-25(30)27(23)22-17-16-20(19-26(35(2,3)4)36(5,6)7)18-24(22)28(32)31-21-12-9-8-10-13-21/h11,14-19,21H,8-10,12-13H2,1-7H3,(H,31,32). The fraction of sp³-hybridized carbons (Fsp3) is 0.448. The molecule has 0 heterocycles. The van der Waals surface area contributed by atoms with E-state index >= 15 is 0 Å². The van der Waals surface area contributed by atoms with Crippen LogP contribution in [0.4, 0.5) is 0 Å². The summed E-state index contributed by atoms with van der Waals surface area (Å²) in [6, 6.07) is 11.3. The number of carbonyl (C=O) groups excluding carboxylic acids is 2. The fourth-order valence-corrected chi connectivity index (χ4v) is 15.8. The maximum absolute atomic E-state index is 13.7. The smallest absolute Gasteiger partial charge is 0.338 e. The minimum absolute atomic E-state index is 0.120. The molecular formula is C29H40ClNO3Si2. The highest BCUT2D eigenvalue weighted by molar-refractivity contribution is 7.05. The Hall–Kier alpha value is -2.16. The second-order valence-electron chi connectivity index (χ2n) is 11.8. The first-order valence-corrected chi connectivity index (χ1v) is 20.3. The average Bonchev–Trinajstić information content (AvgIpc) is 2.81. The van der Waals surface area contributed by atoms with Gasteiger partial charge in [0.15, 0.2) is 0 Å². The van der Waals surface area contributed by atoms with Crippen LogP contribution in [-0.4, -0.2) is 41.2 Å². The van der Waals surface area contributed by atoms with E-state index < -0.39 is 22.1 Å². The van der Waals surface area contributed by atoms with Crippen LogP contribution in [0, 0.1) is 0 Å². The zero-order chi connectivity index (χ0) is 26.7. The summed E-state index contributed by atoms with van der Waals surface area (Å²) >= 11 is 6.64. The van der Waals surface area contributed by atoms with E-state index in [1.165, 1.54) is 13.5 Å². The van der Waals surface area contributed by atoms with Gasteiger partial charge in [-0.2, -0.15) is 0 Å². The van der Waals surface area contributed by atoms with Crippen molar-refractivity contribution in [3.63, 3.8) is 0 Å². The second kappa shape index (κ2) is 11.5. The molecule has 7 heteroatoms. The van der Waals surface area contributed by atoms with Crippen LogP contribution in [0.25, 0.3) is 17.2 Å². The van der Waals surface area contributed by atoms with Crippen LogP contribution in [0.15, 0.2) is 41.2 Å². The second-order valence-corrected chi connectivity index (χ2v) is 22.8. The molecule has 4 nitrogen and oxygen atoms in total. The molecule has 36 heavy (non-hydrogen) atoms. The van der Waals surface area contributed by atoms with E-state index in [-0.39, 0.29) is 11.9 Å². The number of rotatable bonds is 7. The van der Waals surface area contributed by atoms with Crippen molar-refractivity contribution in [1.82, 2.24) is 5.32 Å². The van der Waals surface area contributed by atoms with Crippen molar-refractivity contribution in [2.45, 2.75) is 77.4 Å². The highest BCUT2D eigenvalue weighted by Gasteiger charge is 2.31. The first-order valence-electron chi connectivity index (χ1n) is 12.9. The Labute approximate surface area is 223 Å². The van der Waals surface area contributed by atoms with Gasteiger partial charge in [0.2, 0.25) is 0 Å². The summed E-state index contributed by atoms with van der Waals surface area (Å²) in [5.74, 6) is -0.597. The van der Waals surface area contributed by atoms with Gasteiger partial charge in [-0.25, -0.2) is 4.79 Å². The van der Waals surface area contributed by atoms with E-state index in [0.717, 1.165) is 31.2 Å². The molecule has 0 saturated heterocycles. The van der Waals surface area contributed by atoms with Gasteiger partial charge in [0.25, 0.3) is 5.91 Å². The van der Waals surface area contributed by atoms with Gasteiger partial charge in [-0.3, -0.25) is 4.79 Å². The fourth-order valence-electron chi connectivity index (χ4n) is 5.37. The molecule has 1 amide bonds. The Morgan fingerprint density at radius 2 is 1.58 bits per heavy atom. The third-order valence-corrected chi connectivity index (χ3v) is 15.2. The molecule has 0 aromatic heterocycles. The van der Waals surface area contributed by atoms with Crippen molar-refractivity contribution in [2.75, 3.05) is 7.11 Å². The Bertz CT molecular complexity index is 1140. The van der Waals surface area contributed by atoms with Crippen LogP contribution in [0.2, 0.25) is 44.3 Å². The molecule has 0 bridgehead atoms. The molecule has 0 unspecified atom stereocenters. The summed E-state index contributed by atoms with van der Waals surface area (Å²) < 4.78 is 5.03. The van der Waals surface area contributed by atoms with Crippen LogP contribution in [0.5, 0.6) is 0 Å². The number of halogens is 1. The number of benzene rings is 2. The first-order chi connectivity index (χ1) is 16.8. The lowest BCUT2D eigenvalue weighted by Gasteiger charge is -2.31. The minimum Gasteiger partial charge on any atom is -0.465 e. The lowest BCUT2D eigenvalue weighted by Crippen LogP contribution is -2.39. The topological polar surface area (TPSA) is 55.4 Å². The molecule has 0 spiro atoms. The van der Waals surface area contributed by atoms with E-state index in [9.17, 15) is 9.59 Å². The van der Waals surface area contributed by atoms with Crippen molar-refractivity contribution < 1.29 is 14.3 Å². The van der Waals surface area contributed by atoms with Crippen LogP contribution in [0.1, 0.15) is 58.4 Å². The predicted molar refractivity (Wildman–Crippen MR) is 157 cm³/mol. The average molecular weight is 542 g/mol. The molecule has 1 aliphatic carbocycles. The number of carbonyl (C=O) groups is 2. The first kappa shape index (κ1) is 28.4. The molecular weight excluding hydrogens is 502 g/mol. The quantitative estimate of drug-likeness (QED) is 0.285. The monoisotopic (exact) mass is 541 g/mol. The molecule has 1 aliphatic rings. The highest BCUT2D eigenvalue weighted by Crippen LogP contribution is 2.36. The van der Waals surface area contributed by atoms with Gasteiger partial charge in [0.05, 0.1) is 28.8 Å². The summed E-state index contributed by atoms with van der Waals surface area (Å²) in [5.41, 5.74) is 3.09. The van der Waals surface area contributed by atoms with Gasteiger partial charge in [-0.1, -0.05) is 99.2 Å². The zero-order valence-corrected chi connectivity index (χ0v) is 25.5. The minimum atomic E-state index is -1.56. The Morgan fingerprint density at radius 3 is 2.17 bits per heavy atom. The van der Waals surface area contributed by atoms with Crippen molar-refractivity contribution in [3.05, 3.63) is 62.9 Å². The van der Waals surface area contributed by atoms with E-state index in [2.05, 4.69) is 50.7 Å². The number of amides is 1. The number of methoxy groups -OCH3 is 1. The lowest BCUT2D eigenvalue weighted by molar-refractivity contribution is 0.0601. The molecule has 0 radical (unpaired) electrons. The maximum atomic E-state index is 13.7. The van der Waals surface area contributed by atoms with Crippen LogP contribution in [0.3, 0.4) is 0 Å². The van der Waals surface area contributed by atoms with Crippen LogP contribution >= 0.6 is 11.6 Å². The van der Waals surface area contributed by atoms with Gasteiger partial charge in [-0.15, -0.1) is 0 Å². The molecule has 1 saturated carbocycles. The number of hydrogen-bond acceptors (Lipinski definition) is 3. The van der Waals surface area contributed by atoms with Crippen LogP contribution in [-0.2, 0) is 4.74 Å². The molecule has 0 atom stereocenters. The normalized spacial score (nSPS) is 14.8. The largest absolute Gasteiger partial charge is 0.465 e. The lowest BCUT2D eigenvalue weighted by atomic mass is 9.92. The predicted octanol–water partition coefficient (Wildman–Crippen LogP) is 7.99. The van der Waals surface area contributed by atoms with Gasteiger partial charge >= 0.3 is 5.97 Å². The van der Waals surface area contributed by atoms with E-state index in [1.54, 1.807) is 23.0 Å². The Morgan fingerprint density at radius 1 is 0.944 bits per heavy atom. The molecule has 2 aromatic rings. The van der Waals surface area contributed by atoms with Crippen molar-refractivity contribution in [3.8, 4) is 11.1 Å². The molecule has 2 aromatic carbocycles. The van der Waals surface area contributed by atoms with Crippen LogP contribution < -0.4 is 5.32 Å². The number of nitrogens with one attached hydrogen (secondary N) is 1. The summed E-state index contributed by atoms with van der Waals surface area (Å²) in [5, 5.41) is 3.68. The SMILES string of the molecule is COC(=O)c1cccc(Cl)c1-c1ccc(C=C([Si](C)(C)C)[Si](C)(C)C)cc1C(=O)NC1CCCCC1. The molecule has 0 aliphatic heterocycles. The van der Waals surface area contributed by atoms with E-state index in [4.69, 9.17) is 16.3 Å². The maximum Gasteiger partial charge on any atom is 0.338 e. The van der Waals surface area contributed by atoms with Crippen molar-refractivity contribution >= 4 is 45.7 Å². The summed E-state index contributed by atoms with van der Waals surface area (Å²) in [6.45, 7) is 14.3. The molecule has 1 N–H and O–H groups in total. The number of esters is 1. The summed E-state index contributed by atoms with van der Waals surface area (Å²) in [7, 11) is -1.77. The Balaban J connectivity index is 2.20. The van der Waals surface area contributed by atoms with Gasteiger partial charge in [0.1, 0.15) is 0 Å². The number of hydrogen-bond donors (Lipinski definition) is 1. The van der Waals surface area contributed by atoms with Gasteiger partial charge in [0, 0.05) is 22.2 Å². The van der Waals surface area contributed by atoms with Gasteiger partial charge in [-0.05, 0) is 42.2 Å². The van der Waals surface area contributed by atoms with Crippen molar-refractivity contribution in [2.24, 2.45) is 0 Å². The highest BCUT2D eigenvalue weighted by atomic mass is 35.5. The molecule has 1 fully saturated rings. The van der Waals surface area contributed by atoms with E-state index in [0.29, 0.717) is 27.3 Å². The van der Waals surface area contributed by atoms with Gasteiger partial charge < -0.3 is 10.1 Å². The summed E-state index contributed by atoms with van der Waals surface area (Å²) in [6.07, 6.45) is 7.79. The third-order valence-electron chi connectivity index (χ3n) is 6.84. The summed E-state index contributed by atoms with van der Waals surface area (Å²) in [4.78, 5) is 27.9. The molecule has 3 rings (SSSR count).